The number of nitrogens with one attached hydrogen (secondary N) is 2. The average Bonchev–Trinajstić information content (AvgIpc) is 2.53. The van der Waals surface area contributed by atoms with Crippen LogP contribution in [-0.2, 0) is 20.2 Å². The lowest BCUT2D eigenvalue weighted by atomic mass is 9.63. The quantitative estimate of drug-likeness (QED) is 0.816. The summed E-state index contributed by atoms with van der Waals surface area (Å²) in [5.41, 5.74) is 1.96. The molecule has 1 fully saturated rings. The molecule has 0 unspecified atom stereocenters. The maximum atomic E-state index is 13.0. The molecular formula is C20H24N2O3S. The topological polar surface area (TPSA) is 75.3 Å². The number of carbonyl (C=O) groups is 1. The first kappa shape index (κ1) is 18.5. The second-order valence-electron chi connectivity index (χ2n) is 7.00. The molecule has 5 nitrogen and oxygen atoms in total. The fourth-order valence-electron chi connectivity index (χ4n) is 3.44. The van der Waals surface area contributed by atoms with Crippen LogP contribution in [0, 0.1) is 0 Å². The highest BCUT2D eigenvalue weighted by atomic mass is 32.2. The molecule has 0 bridgehead atoms. The minimum atomic E-state index is -3.33. The zero-order valence-corrected chi connectivity index (χ0v) is 15.8. The second-order valence-corrected chi connectivity index (χ2v) is 8.74. The van der Waals surface area contributed by atoms with Gasteiger partial charge in [-0.3, -0.25) is 9.52 Å². The van der Waals surface area contributed by atoms with Crippen LogP contribution in [0.1, 0.15) is 43.4 Å². The van der Waals surface area contributed by atoms with E-state index in [1.807, 2.05) is 43.3 Å². The minimum absolute atomic E-state index is 0.0314. The van der Waals surface area contributed by atoms with Crippen LogP contribution in [0.25, 0.3) is 0 Å². The van der Waals surface area contributed by atoms with E-state index in [2.05, 4.69) is 10.0 Å². The highest BCUT2D eigenvalue weighted by Crippen LogP contribution is 2.44. The predicted molar refractivity (Wildman–Crippen MR) is 103 cm³/mol. The van der Waals surface area contributed by atoms with Gasteiger partial charge in [0.25, 0.3) is 0 Å². The lowest BCUT2D eigenvalue weighted by Crippen LogP contribution is -2.49. The van der Waals surface area contributed by atoms with E-state index in [9.17, 15) is 13.2 Å². The van der Waals surface area contributed by atoms with Crippen LogP contribution >= 0.6 is 0 Å². The molecule has 6 heteroatoms. The highest BCUT2D eigenvalue weighted by molar-refractivity contribution is 7.92. The molecule has 0 aromatic heterocycles. The number of anilines is 1. The first-order valence-electron chi connectivity index (χ1n) is 8.74. The molecule has 0 radical (unpaired) electrons. The van der Waals surface area contributed by atoms with Crippen molar-refractivity contribution in [1.82, 2.24) is 5.32 Å². The number of hydrogen-bond acceptors (Lipinski definition) is 3. The lowest BCUT2D eigenvalue weighted by Gasteiger charge is -2.41. The van der Waals surface area contributed by atoms with Gasteiger partial charge in [-0.25, -0.2) is 8.42 Å². The normalized spacial score (nSPS) is 17.0. The third-order valence-electron chi connectivity index (χ3n) is 5.01. The molecule has 0 saturated heterocycles. The van der Waals surface area contributed by atoms with Crippen molar-refractivity contribution in [2.45, 2.75) is 37.6 Å². The zero-order valence-electron chi connectivity index (χ0n) is 15.0. The third kappa shape index (κ3) is 3.90. The Hall–Kier alpha value is -2.34. The molecule has 26 heavy (non-hydrogen) atoms. The van der Waals surface area contributed by atoms with E-state index in [0.29, 0.717) is 5.69 Å². The molecule has 3 rings (SSSR count). The summed E-state index contributed by atoms with van der Waals surface area (Å²) in [6, 6.07) is 16.8. The molecule has 2 N–H and O–H groups in total. The Balaban J connectivity index is 1.76. The van der Waals surface area contributed by atoms with Crippen molar-refractivity contribution in [1.29, 1.82) is 0 Å². The Morgan fingerprint density at radius 1 is 1.08 bits per heavy atom. The van der Waals surface area contributed by atoms with Crippen LogP contribution in [0.15, 0.2) is 54.6 Å². The SMILES string of the molecule is C[C@@H](NC(=O)C1(c2ccccc2)CCC1)c1cccc(NS(C)(=O)=O)c1. The van der Waals surface area contributed by atoms with Crippen LogP contribution in [-0.4, -0.2) is 20.6 Å². The molecule has 1 amide bonds. The van der Waals surface area contributed by atoms with Gasteiger partial charge in [0, 0.05) is 5.69 Å². The van der Waals surface area contributed by atoms with Crippen molar-refractivity contribution >= 4 is 21.6 Å². The molecule has 1 aliphatic carbocycles. The van der Waals surface area contributed by atoms with Crippen LogP contribution in [0.3, 0.4) is 0 Å². The molecule has 0 aliphatic heterocycles. The second kappa shape index (κ2) is 7.11. The van der Waals surface area contributed by atoms with E-state index in [4.69, 9.17) is 0 Å². The summed E-state index contributed by atoms with van der Waals surface area (Å²) >= 11 is 0. The van der Waals surface area contributed by atoms with Gasteiger partial charge in [0.05, 0.1) is 17.7 Å². The van der Waals surface area contributed by atoms with E-state index in [1.165, 1.54) is 0 Å². The van der Waals surface area contributed by atoms with Crippen molar-refractivity contribution in [3.8, 4) is 0 Å². The summed E-state index contributed by atoms with van der Waals surface area (Å²) in [7, 11) is -3.33. The van der Waals surface area contributed by atoms with Crippen molar-refractivity contribution in [2.75, 3.05) is 11.0 Å². The van der Waals surface area contributed by atoms with Gasteiger partial charge in [0.1, 0.15) is 0 Å². The molecule has 1 atom stereocenters. The van der Waals surface area contributed by atoms with Gasteiger partial charge in [-0.2, -0.15) is 0 Å². The summed E-state index contributed by atoms with van der Waals surface area (Å²) in [6.45, 7) is 1.91. The monoisotopic (exact) mass is 372 g/mol. The number of rotatable bonds is 6. The van der Waals surface area contributed by atoms with E-state index in [0.717, 1.165) is 36.6 Å². The standard InChI is InChI=1S/C20H24N2O3S/c1-15(16-8-6-11-18(14-16)22-26(2,24)25)21-19(23)20(12-7-13-20)17-9-4-3-5-10-17/h3-6,8-11,14-15,22H,7,12-13H2,1-2H3,(H,21,23)/t15-/m1/s1. The number of benzene rings is 2. The van der Waals surface area contributed by atoms with Crippen molar-refractivity contribution in [3.05, 3.63) is 65.7 Å². The first-order valence-corrected chi connectivity index (χ1v) is 10.6. The van der Waals surface area contributed by atoms with Gasteiger partial charge < -0.3 is 5.32 Å². The van der Waals surface area contributed by atoms with Gasteiger partial charge in [-0.1, -0.05) is 48.9 Å². The van der Waals surface area contributed by atoms with Crippen LogP contribution in [0.5, 0.6) is 0 Å². The smallest absolute Gasteiger partial charge is 0.231 e. The molecule has 1 aliphatic rings. The summed E-state index contributed by atoms with van der Waals surface area (Å²) in [6.07, 6.45) is 3.87. The Labute approximate surface area is 154 Å². The molecule has 2 aromatic rings. The maximum Gasteiger partial charge on any atom is 0.231 e. The predicted octanol–water partition coefficient (Wildman–Crippen LogP) is 3.36. The van der Waals surface area contributed by atoms with Gasteiger partial charge >= 0.3 is 0 Å². The van der Waals surface area contributed by atoms with Crippen molar-refractivity contribution < 1.29 is 13.2 Å². The Morgan fingerprint density at radius 2 is 1.77 bits per heavy atom. The number of carbonyl (C=O) groups excluding carboxylic acids is 1. The Kier molecular flexibility index (Phi) is 5.05. The van der Waals surface area contributed by atoms with E-state index in [-0.39, 0.29) is 11.9 Å². The molecule has 0 spiro atoms. The summed E-state index contributed by atoms with van der Waals surface area (Å²) in [5, 5.41) is 3.11. The number of hydrogen-bond donors (Lipinski definition) is 2. The minimum Gasteiger partial charge on any atom is -0.349 e. The first-order chi connectivity index (χ1) is 12.3. The summed E-state index contributed by atoms with van der Waals surface area (Å²) in [4.78, 5) is 13.0. The van der Waals surface area contributed by atoms with Crippen LogP contribution < -0.4 is 10.0 Å². The van der Waals surface area contributed by atoms with E-state index >= 15 is 0 Å². The molecule has 138 valence electrons. The van der Waals surface area contributed by atoms with Gasteiger partial charge in [0.15, 0.2) is 0 Å². The van der Waals surface area contributed by atoms with Crippen molar-refractivity contribution in [3.63, 3.8) is 0 Å². The summed E-state index contributed by atoms with van der Waals surface area (Å²) in [5.74, 6) is 0.0314. The van der Waals surface area contributed by atoms with Gasteiger partial charge in [-0.05, 0) is 43.0 Å². The Bertz CT molecular complexity index is 890. The van der Waals surface area contributed by atoms with Crippen LogP contribution in [0.2, 0.25) is 0 Å². The van der Waals surface area contributed by atoms with Gasteiger partial charge in [-0.15, -0.1) is 0 Å². The molecule has 0 heterocycles. The molecule has 2 aromatic carbocycles. The highest BCUT2D eigenvalue weighted by Gasteiger charge is 2.45. The molecule has 1 saturated carbocycles. The average molecular weight is 372 g/mol. The lowest BCUT2D eigenvalue weighted by molar-refractivity contribution is -0.130. The third-order valence-corrected chi connectivity index (χ3v) is 5.61. The van der Waals surface area contributed by atoms with Gasteiger partial charge in [0.2, 0.25) is 15.9 Å². The molecular weight excluding hydrogens is 348 g/mol. The summed E-state index contributed by atoms with van der Waals surface area (Å²) < 4.78 is 25.3. The largest absolute Gasteiger partial charge is 0.349 e. The fourth-order valence-corrected chi connectivity index (χ4v) is 3.99. The Morgan fingerprint density at radius 3 is 2.35 bits per heavy atom. The number of sulfonamides is 1. The van der Waals surface area contributed by atoms with E-state index in [1.54, 1.807) is 18.2 Å². The zero-order chi connectivity index (χ0) is 18.8. The number of amides is 1. The van der Waals surface area contributed by atoms with Crippen LogP contribution in [0.4, 0.5) is 5.69 Å². The van der Waals surface area contributed by atoms with E-state index < -0.39 is 15.4 Å². The fraction of sp³-hybridized carbons (Fsp3) is 0.350. The maximum absolute atomic E-state index is 13.0. The van der Waals surface area contributed by atoms with Crippen molar-refractivity contribution in [2.24, 2.45) is 0 Å².